The Morgan fingerprint density at radius 2 is 1.89 bits per heavy atom. The van der Waals surface area contributed by atoms with Gasteiger partial charge in [-0.05, 0) is 24.1 Å². The molecule has 0 unspecified atom stereocenters. The maximum absolute atomic E-state index is 13.9. The van der Waals surface area contributed by atoms with E-state index in [0.717, 1.165) is 6.42 Å². The lowest BCUT2D eigenvalue weighted by molar-refractivity contribution is 0.0945. The van der Waals surface area contributed by atoms with Crippen molar-refractivity contribution in [2.24, 2.45) is 0 Å². The van der Waals surface area contributed by atoms with E-state index in [4.69, 9.17) is 0 Å². The van der Waals surface area contributed by atoms with Gasteiger partial charge in [-0.3, -0.25) is 4.79 Å². The fourth-order valence-electron chi connectivity index (χ4n) is 2.98. The number of fused-ring (bicyclic) bond motifs is 1. The lowest BCUT2D eigenvalue weighted by atomic mass is 10.1. The van der Waals surface area contributed by atoms with Crippen molar-refractivity contribution in [1.29, 1.82) is 0 Å². The predicted molar refractivity (Wildman–Crippen MR) is 103 cm³/mol. The van der Waals surface area contributed by atoms with Gasteiger partial charge >= 0.3 is 0 Å². The zero-order chi connectivity index (χ0) is 19.3. The molecule has 0 bridgehead atoms. The highest BCUT2D eigenvalue weighted by Crippen LogP contribution is 2.16. The van der Waals surface area contributed by atoms with Crippen LogP contribution in [0.15, 0.2) is 67.0 Å². The molecule has 0 aliphatic rings. The van der Waals surface area contributed by atoms with Crippen LogP contribution in [0.3, 0.4) is 0 Å². The number of aryl methyl sites for hydroxylation is 2. The predicted octanol–water partition coefficient (Wildman–Crippen LogP) is 3.14. The van der Waals surface area contributed by atoms with Gasteiger partial charge in [0, 0.05) is 11.9 Å². The van der Waals surface area contributed by atoms with E-state index in [1.165, 1.54) is 11.6 Å². The molecule has 0 saturated heterocycles. The first-order chi connectivity index (χ1) is 13.7. The summed E-state index contributed by atoms with van der Waals surface area (Å²) in [6.07, 6.45) is 2.49. The van der Waals surface area contributed by atoms with Crippen LogP contribution in [0.1, 0.15) is 21.9 Å². The molecule has 1 N–H and O–H groups in total. The Labute approximate surface area is 161 Å². The molecule has 2 heterocycles. The van der Waals surface area contributed by atoms with Crippen molar-refractivity contribution in [3.8, 4) is 0 Å². The normalized spacial score (nSPS) is 10.9. The minimum atomic E-state index is -0.451. The molecule has 4 aromatic rings. The van der Waals surface area contributed by atoms with Crippen molar-refractivity contribution in [3.63, 3.8) is 0 Å². The summed E-state index contributed by atoms with van der Waals surface area (Å²) in [5.74, 6) is -0.188. The van der Waals surface area contributed by atoms with E-state index in [-0.39, 0.29) is 23.7 Å². The first-order valence-electron chi connectivity index (χ1n) is 8.95. The molecule has 6 nitrogen and oxygen atoms in total. The lowest BCUT2D eigenvalue weighted by Gasteiger charge is -2.08. The second-order valence-electron chi connectivity index (χ2n) is 6.37. The number of carbonyl (C=O) groups excluding carboxylic acids is 1. The van der Waals surface area contributed by atoms with Crippen molar-refractivity contribution in [1.82, 2.24) is 25.1 Å². The molecule has 0 atom stereocenters. The van der Waals surface area contributed by atoms with E-state index >= 15 is 0 Å². The van der Waals surface area contributed by atoms with Gasteiger partial charge in [-0.1, -0.05) is 48.5 Å². The van der Waals surface area contributed by atoms with Crippen LogP contribution in [0.25, 0.3) is 10.9 Å². The van der Waals surface area contributed by atoms with Gasteiger partial charge in [0.2, 0.25) is 0 Å². The number of para-hydroxylation sites is 1. The van der Waals surface area contributed by atoms with Gasteiger partial charge < -0.3 is 9.88 Å². The van der Waals surface area contributed by atoms with E-state index in [1.807, 2.05) is 22.8 Å². The maximum Gasteiger partial charge on any atom is 0.270 e. The summed E-state index contributed by atoms with van der Waals surface area (Å²) in [5.41, 5.74) is 1.56. The summed E-state index contributed by atoms with van der Waals surface area (Å²) in [4.78, 5) is 16.6. The van der Waals surface area contributed by atoms with Gasteiger partial charge in [0.25, 0.3) is 5.91 Å². The number of benzene rings is 2. The molecule has 1 amide bonds. The molecule has 140 valence electrons. The SMILES string of the molecule is O=C(NCc1nncn1CCc1ccccc1)c1ccc2cccc(F)c2n1. The summed E-state index contributed by atoms with van der Waals surface area (Å²) in [5, 5.41) is 11.4. The highest BCUT2D eigenvalue weighted by Gasteiger charge is 2.12. The molecule has 4 rings (SSSR count). The van der Waals surface area contributed by atoms with Gasteiger partial charge in [0.1, 0.15) is 23.4 Å². The number of rotatable bonds is 6. The van der Waals surface area contributed by atoms with Crippen molar-refractivity contribution in [2.45, 2.75) is 19.5 Å². The number of amides is 1. The molecular weight excluding hydrogens is 357 g/mol. The van der Waals surface area contributed by atoms with Crippen LogP contribution in [0.4, 0.5) is 4.39 Å². The largest absolute Gasteiger partial charge is 0.343 e. The summed E-state index contributed by atoms with van der Waals surface area (Å²) >= 11 is 0. The number of pyridine rings is 1. The molecular formula is C21H18FN5O. The third-order valence-electron chi connectivity index (χ3n) is 4.49. The highest BCUT2D eigenvalue weighted by molar-refractivity contribution is 5.94. The Hall–Kier alpha value is -3.61. The van der Waals surface area contributed by atoms with Gasteiger partial charge in [-0.25, -0.2) is 9.37 Å². The molecule has 2 aromatic carbocycles. The van der Waals surface area contributed by atoms with E-state index in [9.17, 15) is 9.18 Å². The topological polar surface area (TPSA) is 72.7 Å². The van der Waals surface area contributed by atoms with Crippen molar-refractivity contribution in [2.75, 3.05) is 0 Å². The lowest BCUT2D eigenvalue weighted by Crippen LogP contribution is -2.25. The Morgan fingerprint density at radius 1 is 1.04 bits per heavy atom. The quantitative estimate of drug-likeness (QED) is 0.562. The number of halogens is 1. The number of nitrogens with one attached hydrogen (secondary N) is 1. The van der Waals surface area contributed by atoms with Crippen LogP contribution in [0, 0.1) is 5.82 Å². The zero-order valence-corrected chi connectivity index (χ0v) is 15.0. The fraction of sp³-hybridized carbons (Fsp3) is 0.143. The summed E-state index contributed by atoms with van der Waals surface area (Å²) in [7, 11) is 0. The third-order valence-corrected chi connectivity index (χ3v) is 4.49. The van der Waals surface area contributed by atoms with Crippen molar-refractivity contribution < 1.29 is 9.18 Å². The van der Waals surface area contributed by atoms with Gasteiger partial charge in [-0.2, -0.15) is 0 Å². The second kappa shape index (κ2) is 7.96. The van der Waals surface area contributed by atoms with Crippen LogP contribution in [-0.2, 0) is 19.5 Å². The van der Waals surface area contributed by atoms with Crippen LogP contribution >= 0.6 is 0 Å². The van der Waals surface area contributed by atoms with Gasteiger partial charge in [0.15, 0.2) is 5.82 Å². The minimum Gasteiger partial charge on any atom is -0.343 e. The molecule has 28 heavy (non-hydrogen) atoms. The first kappa shape index (κ1) is 17.8. The number of nitrogens with zero attached hydrogens (tertiary/aromatic N) is 4. The Kier molecular flexibility index (Phi) is 5.05. The van der Waals surface area contributed by atoms with Crippen molar-refractivity contribution >= 4 is 16.8 Å². The first-order valence-corrected chi connectivity index (χ1v) is 8.95. The molecule has 0 aliphatic heterocycles. The third kappa shape index (κ3) is 3.88. The van der Waals surface area contributed by atoms with Crippen LogP contribution in [-0.4, -0.2) is 25.7 Å². The van der Waals surface area contributed by atoms with Crippen LogP contribution in [0.5, 0.6) is 0 Å². The smallest absolute Gasteiger partial charge is 0.270 e. The molecule has 0 radical (unpaired) electrons. The molecule has 7 heteroatoms. The summed E-state index contributed by atoms with van der Waals surface area (Å²) in [6, 6.07) is 18.1. The molecule has 0 saturated carbocycles. The number of aromatic nitrogens is 4. The van der Waals surface area contributed by atoms with E-state index in [0.29, 0.717) is 17.8 Å². The number of carbonyl (C=O) groups is 1. The average Bonchev–Trinajstić information content (AvgIpc) is 3.19. The Morgan fingerprint density at radius 3 is 2.75 bits per heavy atom. The zero-order valence-electron chi connectivity index (χ0n) is 15.0. The van der Waals surface area contributed by atoms with Gasteiger partial charge in [0.05, 0.1) is 6.54 Å². The summed E-state index contributed by atoms with van der Waals surface area (Å²) in [6.45, 7) is 0.923. The molecule has 2 aromatic heterocycles. The number of hydrogen-bond donors (Lipinski definition) is 1. The molecule has 0 aliphatic carbocycles. The van der Waals surface area contributed by atoms with Crippen LogP contribution < -0.4 is 5.32 Å². The molecule has 0 spiro atoms. The second-order valence-corrected chi connectivity index (χ2v) is 6.37. The van der Waals surface area contributed by atoms with Gasteiger partial charge in [-0.15, -0.1) is 10.2 Å². The fourth-order valence-corrected chi connectivity index (χ4v) is 2.98. The standard InChI is InChI=1S/C21H18FN5O/c22-17-8-4-7-16-9-10-18(25-20(16)17)21(28)23-13-19-26-24-14-27(19)12-11-15-5-2-1-3-6-15/h1-10,14H,11-13H2,(H,23,28). The summed E-state index contributed by atoms with van der Waals surface area (Å²) < 4.78 is 15.8. The maximum atomic E-state index is 13.9. The van der Waals surface area contributed by atoms with E-state index in [2.05, 4.69) is 32.6 Å². The highest BCUT2D eigenvalue weighted by atomic mass is 19.1. The van der Waals surface area contributed by atoms with E-state index < -0.39 is 5.82 Å². The average molecular weight is 375 g/mol. The minimum absolute atomic E-state index is 0.160. The monoisotopic (exact) mass is 375 g/mol. The number of hydrogen-bond acceptors (Lipinski definition) is 4. The Balaban J connectivity index is 1.41. The Bertz CT molecular complexity index is 1110. The van der Waals surface area contributed by atoms with Crippen molar-refractivity contribution in [3.05, 3.63) is 89.9 Å². The van der Waals surface area contributed by atoms with Crippen LogP contribution in [0.2, 0.25) is 0 Å². The molecule has 0 fully saturated rings. The van der Waals surface area contributed by atoms with E-state index in [1.54, 1.807) is 30.6 Å².